The number of nitrogens with two attached hydrogens (primary N) is 1. The molecule has 0 spiro atoms. The molecule has 25 heavy (non-hydrogen) atoms. The van der Waals surface area contributed by atoms with Crippen LogP contribution in [0.1, 0.15) is 35.2 Å². The van der Waals surface area contributed by atoms with Crippen molar-refractivity contribution >= 4 is 23.5 Å². The Balaban J connectivity index is 1.88. The van der Waals surface area contributed by atoms with Crippen LogP contribution in [0.2, 0.25) is 0 Å². The summed E-state index contributed by atoms with van der Waals surface area (Å²) in [6.45, 7) is 1.51. The van der Waals surface area contributed by atoms with Gasteiger partial charge in [-0.3, -0.25) is 14.4 Å². The van der Waals surface area contributed by atoms with Crippen molar-refractivity contribution in [3.05, 3.63) is 65.7 Å². The number of benzene rings is 2. The van der Waals surface area contributed by atoms with Crippen molar-refractivity contribution in [1.29, 1.82) is 0 Å². The minimum absolute atomic E-state index is 0.345. The van der Waals surface area contributed by atoms with Crippen LogP contribution in [0.4, 0.5) is 5.69 Å². The average Bonchev–Trinajstić information content (AvgIpc) is 2.62. The molecule has 3 N–H and O–H groups in total. The number of carbonyl (C=O) groups is 3. The van der Waals surface area contributed by atoms with Crippen LogP contribution >= 0.6 is 0 Å². The second kappa shape index (κ2) is 8.63. The number of primary amides is 1. The summed E-state index contributed by atoms with van der Waals surface area (Å²) in [5, 5.41) is 2.59. The van der Waals surface area contributed by atoms with Crippen LogP contribution < -0.4 is 11.1 Å². The fraction of sp³-hybridized carbons (Fsp3) is 0.211. The number of amides is 2. The van der Waals surface area contributed by atoms with Gasteiger partial charge in [0.2, 0.25) is 5.91 Å². The van der Waals surface area contributed by atoms with E-state index in [1.54, 1.807) is 12.1 Å². The molecular formula is C19H20N2O4. The fourth-order valence-electron chi connectivity index (χ4n) is 2.38. The second-order valence-corrected chi connectivity index (χ2v) is 5.47. The van der Waals surface area contributed by atoms with Crippen LogP contribution in [0.5, 0.6) is 0 Å². The summed E-state index contributed by atoms with van der Waals surface area (Å²) in [6, 6.07) is 15.4. The number of carbonyl (C=O) groups excluding carboxylic acids is 3. The predicted molar refractivity (Wildman–Crippen MR) is 94.0 cm³/mol. The highest BCUT2D eigenvalue weighted by atomic mass is 16.5. The number of anilines is 1. The molecule has 2 aromatic carbocycles. The third-order valence-electron chi connectivity index (χ3n) is 3.69. The minimum Gasteiger partial charge on any atom is -0.455 e. The van der Waals surface area contributed by atoms with Gasteiger partial charge >= 0.3 is 5.97 Å². The quantitative estimate of drug-likeness (QED) is 0.756. The largest absolute Gasteiger partial charge is 0.455 e. The highest BCUT2D eigenvalue weighted by Gasteiger charge is 2.20. The molecule has 0 saturated heterocycles. The maximum absolute atomic E-state index is 12.2. The first-order valence-electron chi connectivity index (χ1n) is 7.92. The Morgan fingerprint density at radius 3 is 2.24 bits per heavy atom. The number of nitrogens with one attached hydrogen (secondary N) is 1. The van der Waals surface area contributed by atoms with Gasteiger partial charge in [-0.15, -0.1) is 0 Å². The van der Waals surface area contributed by atoms with Gasteiger partial charge in [0.1, 0.15) is 0 Å². The second-order valence-electron chi connectivity index (χ2n) is 5.47. The van der Waals surface area contributed by atoms with Gasteiger partial charge in [-0.2, -0.15) is 0 Å². The van der Waals surface area contributed by atoms with Crippen molar-refractivity contribution in [2.45, 2.75) is 19.3 Å². The van der Waals surface area contributed by atoms with E-state index >= 15 is 0 Å². The summed E-state index contributed by atoms with van der Waals surface area (Å²) >= 11 is 0. The van der Waals surface area contributed by atoms with E-state index < -0.39 is 23.7 Å². The van der Waals surface area contributed by atoms with E-state index in [0.717, 1.165) is 5.56 Å². The molecule has 0 unspecified atom stereocenters. The summed E-state index contributed by atoms with van der Waals surface area (Å²) in [7, 11) is 0. The number of esters is 1. The van der Waals surface area contributed by atoms with E-state index in [2.05, 4.69) is 5.32 Å². The number of rotatable bonds is 7. The van der Waals surface area contributed by atoms with E-state index in [1.807, 2.05) is 37.3 Å². The van der Waals surface area contributed by atoms with Gasteiger partial charge in [-0.1, -0.05) is 37.3 Å². The molecule has 0 aliphatic rings. The maximum Gasteiger partial charge on any atom is 0.313 e. The Bertz CT molecular complexity index is 742. The van der Waals surface area contributed by atoms with Gasteiger partial charge in [-0.25, -0.2) is 0 Å². The van der Waals surface area contributed by atoms with Crippen molar-refractivity contribution < 1.29 is 19.1 Å². The maximum atomic E-state index is 12.2. The number of ether oxygens (including phenoxy) is 1. The van der Waals surface area contributed by atoms with Gasteiger partial charge in [0.15, 0.2) is 6.61 Å². The molecule has 0 aliphatic carbocycles. The molecule has 0 fully saturated rings. The first-order valence-corrected chi connectivity index (χ1v) is 7.92. The van der Waals surface area contributed by atoms with Gasteiger partial charge in [0, 0.05) is 11.3 Å². The molecule has 0 radical (unpaired) electrons. The Morgan fingerprint density at radius 2 is 1.68 bits per heavy atom. The molecule has 0 saturated carbocycles. The highest BCUT2D eigenvalue weighted by molar-refractivity contribution is 5.95. The van der Waals surface area contributed by atoms with Crippen molar-refractivity contribution in [2.75, 3.05) is 11.9 Å². The van der Waals surface area contributed by atoms with Crippen LogP contribution in [0.25, 0.3) is 0 Å². The summed E-state index contributed by atoms with van der Waals surface area (Å²) in [4.78, 5) is 35.1. The smallest absolute Gasteiger partial charge is 0.313 e. The Kier molecular flexibility index (Phi) is 6.28. The molecule has 130 valence electrons. The Hall–Kier alpha value is -3.15. The molecule has 0 heterocycles. The summed E-state index contributed by atoms with van der Waals surface area (Å²) in [5.74, 6) is -1.84. The predicted octanol–water partition coefficient (Wildman–Crippen LogP) is 2.46. The van der Waals surface area contributed by atoms with E-state index in [-0.39, 0.29) is 6.61 Å². The zero-order chi connectivity index (χ0) is 18.2. The number of hydrogen-bond acceptors (Lipinski definition) is 4. The van der Waals surface area contributed by atoms with Crippen LogP contribution in [-0.4, -0.2) is 24.4 Å². The summed E-state index contributed by atoms with van der Waals surface area (Å²) < 4.78 is 5.12. The fourth-order valence-corrected chi connectivity index (χ4v) is 2.38. The lowest BCUT2D eigenvalue weighted by atomic mass is 9.97. The lowest BCUT2D eigenvalue weighted by Gasteiger charge is -2.14. The third-order valence-corrected chi connectivity index (χ3v) is 3.69. The molecule has 0 aromatic heterocycles. The summed E-state index contributed by atoms with van der Waals surface area (Å²) in [5.41, 5.74) is 6.84. The summed E-state index contributed by atoms with van der Waals surface area (Å²) in [6.07, 6.45) is 0.582. The average molecular weight is 340 g/mol. The molecule has 0 aliphatic heterocycles. The third kappa shape index (κ3) is 5.17. The van der Waals surface area contributed by atoms with Crippen molar-refractivity contribution in [1.82, 2.24) is 0 Å². The zero-order valence-electron chi connectivity index (χ0n) is 13.9. The molecule has 2 rings (SSSR count). The van der Waals surface area contributed by atoms with Gasteiger partial charge < -0.3 is 15.8 Å². The topological polar surface area (TPSA) is 98.5 Å². The van der Waals surface area contributed by atoms with E-state index in [4.69, 9.17) is 10.5 Å². The van der Waals surface area contributed by atoms with Gasteiger partial charge in [-0.05, 0) is 36.2 Å². The van der Waals surface area contributed by atoms with Crippen LogP contribution in [-0.2, 0) is 14.3 Å². The van der Waals surface area contributed by atoms with Crippen LogP contribution in [0.3, 0.4) is 0 Å². The number of hydrogen-bond donors (Lipinski definition) is 2. The standard InChI is InChI=1S/C19H20N2O4/c1-2-16(13-6-4-3-5-7-13)19(24)25-12-17(22)21-15-10-8-14(9-11-15)18(20)23/h3-11,16H,2,12H2,1H3,(H2,20,23)(H,21,22)/t16-/m1/s1. The van der Waals surface area contributed by atoms with Gasteiger partial charge in [0.05, 0.1) is 5.92 Å². The first-order chi connectivity index (χ1) is 12.0. The SMILES string of the molecule is CC[C@@H](C(=O)OCC(=O)Nc1ccc(C(N)=O)cc1)c1ccccc1. The Labute approximate surface area is 146 Å². The molecule has 0 bridgehead atoms. The van der Waals surface area contributed by atoms with Gasteiger partial charge in [0.25, 0.3) is 5.91 Å². The lowest BCUT2D eigenvalue weighted by Crippen LogP contribution is -2.24. The van der Waals surface area contributed by atoms with Crippen molar-refractivity contribution in [3.63, 3.8) is 0 Å². The van der Waals surface area contributed by atoms with Crippen molar-refractivity contribution in [3.8, 4) is 0 Å². The molecule has 1 atom stereocenters. The molecular weight excluding hydrogens is 320 g/mol. The molecule has 6 heteroatoms. The first kappa shape index (κ1) is 18.2. The van der Waals surface area contributed by atoms with E-state index in [0.29, 0.717) is 17.7 Å². The monoisotopic (exact) mass is 340 g/mol. The highest BCUT2D eigenvalue weighted by Crippen LogP contribution is 2.20. The normalized spacial score (nSPS) is 11.4. The molecule has 2 aromatic rings. The van der Waals surface area contributed by atoms with E-state index in [1.165, 1.54) is 12.1 Å². The van der Waals surface area contributed by atoms with Crippen molar-refractivity contribution in [2.24, 2.45) is 5.73 Å². The Morgan fingerprint density at radius 1 is 1.04 bits per heavy atom. The molecule has 6 nitrogen and oxygen atoms in total. The molecule has 2 amide bonds. The van der Waals surface area contributed by atoms with Crippen LogP contribution in [0, 0.1) is 0 Å². The van der Waals surface area contributed by atoms with Crippen LogP contribution in [0.15, 0.2) is 54.6 Å². The minimum atomic E-state index is -0.543. The van der Waals surface area contributed by atoms with E-state index in [9.17, 15) is 14.4 Å². The zero-order valence-corrected chi connectivity index (χ0v) is 13.9. The lowest BCUT2D eigenvalue weighted by molar-refractivity contribution is -0.149.